The van der Waals surface area contributed by atoms with Gasteiger partial charge in [-0.1, -0.05) is 17.7 Å². The van der Waals surface area contributed by atoms with Crippen LogP contribution in [0.4, 0.5) is 10.2 Å². The van der Waals surface area contributed by atoms with E-state index in [-0.39, 0.29) is 11.9 Å². The minimum absolute atomic E-state index is 0.226. The molecule has 19 heavy (non-hydrogen) atoms. The molecule has 3 nitrogen and oxygen atoms in total. The average molecular weight is 280 g/mol. The molecule has 0 spiro atoms. The van der Waals surface area contributed by atoms with Gasteiger partial charge in [-0.2, -0.15) is 0 Å². The predicted molar refractivity (Wildman–Crippen MR) is 75.4 cm³/mol. The van der Waals surface area contributed by atoms with Crippen molar-refractivity contribution in [3.05, 3.63) is 58.5 Å². The molecule has 0 aliphatic rings. The molecule has 1 unspecified atom stereocenters. The molecule has 1 aromatic heterocycles. The molecule has 4 N–H and O–H groups in total. The fourth-order valence-electron chi connectivity index (χ4n) is 1.99. The van der Waals surface area contributed by atoms with E-state index >= 15 is 0 Å². The molecule has 2 aromatic rings. The standard InChI is InChI=1S/C14H15ClFN3/c15-12-2-1-3-13(16)11(12)8-10(17)6-9-4-5-19-14(18)7-9/h1-5,7,10H,6,8,17H2,(H2,18,19). The molecule has 0 amide bonds. The van der Waals surface area contributed by atoms with E-state index in [0.717, 1.165) is 5.56 Å². The second kappa shape index (κ2) is 5.99. The van der Waals surface area contributed by atoms with E-state index < -0.39 is 0 Å². The number of rotatable bonds is 4. The van der Waals surface area contributed by atoms with Crippen molar-refractivity contribution in [1.29, 1.82) is 0 Å². The van der Waals surface area contributed by atoms with Gasteiger partial charge in [0.1, 0.15) is 11.6 Å². The fraction of sp³-hybridized carbons (Fsp3) is 0.214. The van der Waals surface area contributed by atoms with Gasteiger partial charge < -0.3 is 11.5 Å². The minimum Gasteiger partial charge on any atom is -0.384 e. The number of benzene rings is 1. The number of aromatic nitrogens is 1. The van der Waals surface area contributed by atoms with Crippen LogP contribution in [0.5, 0.6) is 0 Å². The smallest absolute Gasteiger partial charge is 0.127 e. The Morgan fingerprint density at radius 3 is 2.74 bits per heavy atom. The van der Waals surface area contributed by atoms with E-state index in [1.165, 1.54) is 6.07 Å². The quantitative estimate of drug-likeness (QED) is 0.904. The lowest BCUT2D eigenvalue weighted by Gasteiger charge is -2.13. The Labute approximate surface area is 116 Å². The molecular weight excluding hydrogens is 265 g/mol. The highest BCUT2D eigenvalue weighted by molar-refractivity contribution is 6.31. The van der Waals surface area contributed by atoms with Crippen LogP contribution in [0.3, 0.4) is 0 Å². The number of nitrogens with two attached hydrogens (primary N) is 2. The number of anilines is 1. The summed E-state index contributed by atoms with van der Waals surface area (Å²) in [7, 11) is 0. The maximum absolute atomic E-state index is 13.6. The first-order valence-electron chi connectivity index (χ1n) is 5.95. The maximum atomic E-state index is 13.6. The molecule has 0 radical (unpaired) electrons. The molecule has 1 heterocycles. The Bertz CT molecular complexity index is 554. The van der Waals surface area contributed by atoms with Crippen LogP contribution >= 0.6 is 11.6 Å². The van der Waals surface area contributed by atoms with Crippen molar-refractivity contribution >= 4 is 17.4 Å². The van der Waals surface area contributed by atoms with Crippen LogP contribution in [0, 0.1) is 5.82 Å². The van der Waals surface area contributed by atoms with Gasteiger partial charge in [0.2, 0.25) is 0 Å². The van der Waals surface area contributed by atoms with Crippen molar-refractivity contribution in [1.82, 2.24) is 4.98 Å². The predicted octanol–water partition coefficient (Wildman–Crippen LogP) is 2.57. The molecule has 0 aliphatic heterocycles. The van der Waals surface area contributed by atoms with Gasteiger partial charge in [0.25, 0.3) is 0 Å². The zero-order valence-corrected chi connectivity index (χ0v) is 11.1. The Kier molecular flexibility index (Phi) is 4.35. The topological polar surface area (TPSA) is 64.9 Å². The highest BCUT2D eigenvalue weighted by Crippen LogP contribution is 2.21. The molecule has 1 aromatic carbocycles. The van der Waals surface area contributed by atoms with Crippen molar-refractivity contribution in [3.8, 4) is 0 Å². The fourth-order valence-corrected chi connectivity index (χ4v) is 2.23. The lowest BCUT2D eigenvalue weighted by Crippen LogP contribution is -2.26. The van der Waals surface area contributed by atoms with Gasteiger partial charge in [-0.3, -0.25) is 0 Å². The van der Waals surface area contributed by atoms with Gasteiger partial charge in [-0.15, -0.1) is 0 Å². The molecule has 0 saturated carbocycles. The number of halogens is 2. The first kappa shape index (κ1) is 13.8. The summed E-state index contributed by atoms with van der Waals surface area (Å²) in [6.07, 6.45) is 2.61. The Morgan fingerprint density at radius 1 is 1.26 bits per heavy atom. The maximum Gasteiger partial charge on any atom is 0.127 e. The van der Waals surface area contributed by atoms with E-state index in [0.29, 0.717) is 29.2 Å². The van der Waals surface area contributed by atoms with E-state index in [4.69, 9.17) is 23.1 Å². The minimum atomic E-state index is -0.322. The van der Waals surface area contributed by atoms with Crippen LogP contribution in [0.25, 0.3) is 0 Å². The average Bonchev–Trinajstić information content (AvgIpc) is 2.34. The summed E-state index contributed by atoms with van der Waals surface area (Å²) in [5, 5.41) is 0.407. The summed E-state index contributed by atoms with van der Waals surface area (Å²) in [5.41, 5.74) is 13.1. The normalized spacial score (nSPS) is 12.4. The first-order chi connectivity index (χ1) is 9.06. The van der Waals surface area contributed by atoms with E-state index in [1.807, 2.05) is 6.07 Å². The SMILES string of the molecule is Nc1cc(CC(N)Cc2c(F)cccc2Cl)ccn1. The van der Waals surface area contributed by atoms with Gasteiger partial charge in [-0.05, 0) is 42.7 Å². The molecular formula is C14H15ClFN3. The monoisotopic (exact) mass is 279 g/mol. The summed E-state index contributed by atoms with van der Waals surface area (Å²) in [5.74, 6) is 0.130. The highest BCUT2D eigenvalue weighted by Gasteiger charge is 2.12. The Balaban J connectivity index is 2.07. The summed E-state index contributed by atoms with van der Waals surface area (Å²) in [4.78, 5) is 3.92. The zero-order valence-electron chi connectivity index (χ0n) is 10.3. The van der Waals surface area contributed by atoms with Crippen LogP contribution in [0.1, 0.15) is 11.1 Å². The number of nitrogens with zero attached hydrogens (tertiary/aromatic N) is 1. The van der Waals surface area contributed by atoms with Crippen molar-refractivity contribution in [2.45, 2.75) is 18.9 Å². The van der Waals surface area contributed by atoms with Gasteiger partial charge in [0.05, 0.1) is 0 Å². The van der Waals surface area contributed by atoms with E-state index in [1.54, 1.807) is 24.4 Å². The second-order valence-electron chi connectivity index (χ2n) is 4.46. The molecule has 1 atom stereocenters. The lowest BCUT2D eigenvalue weighted by atomic mass is 10.00. The van der Waals surface area contributed by atoms with Gasteiger partial charge in [-0.25, -0.2) is 9.37 Å². The highest BCUT2D eigenvalue weighted by atomic mass is 35.5. The molecule has 100 valence electrons. The summed E-state index contributed by atoms with van der Waals surface area (Å²) in [6.45, 7) is 0. The van der Waals surface area contributed by atoms with Gasteiger partial charge >= 0.3 is 0 Å². The molecule has 0 aliphatic carbocycles. The van der Waals surface area contributed by atoms with Crippen LogP contribution < -0.4 is 11.5 Å². The Hall–Kier alpha value is -1.65. The molecule has 5 heteroatoms. The number of hydrogen-bond donors (Lipinski definition) is 2. The third-order valence-electron chi connectivity index (χ3n) is 2.87. The second-order valence-corrected chi connectivity index (χ2v) is 4.86. The lowest BCUT2D eigenvalue weighted by molar-refractivity contribution is 0.584. The number of hydrogen-bond acceptors (Lipinski definition) is 3. The van der Waals surface area contributed by atoms with Crippen LogP contribution in [0.15, 0.2) is 36.5 Å². The largest absolute Gasteiger partial charge is 0.384 e. The van der Waals surface area contributed by atoms with E-state index in [9.17, 15) is 4.39 Å². The van der Waals surface area contributed by atoms with Crippen molar-refractivity contribution < 1.29 is 4.39 Å². The zero-order chi connectivity index (χ0) is 13.8. The summed E-state index contributed by atoms with van der Waals surface area (Å²) >= 11 is 5.98. The number of pyridine rings is 1. The van der Waals surface area contributed by atoms with Crippen LogP contribution in [-0.4, -0.2) is 11.0 Å². The summed E-state index contributed by atoms with van der Waals surface area (Å²) < 4.78 is 13.6. The van der Waals surface area contributed by atoms with Crippen LogP contribution in [0.2, 0.25) is 5.02 Å². The van der Waals surface area contributed by atoms with Crippen molar-refractivity contribution in [2.24, 2.45) is 5.73 Å². The Morgan fingerprint density at radius 2 is 2.05 bits per heavy atom. The third kappa shape index (κ3) is 3.66. The summed E-state index contributed by atoms with van der Waals surface area (Å²) in [6, 6.07) is 8.02. The molecule has 0 fully saturated rings. The molecule has 2 rings (SSSR count). The van der Waals surface area contributed by atoms with E-state index in [2.05, 4.69) is 4.98 Å². The van der Waals surface area contributed by atoms with Gasteiger partial charge in [0.15, 0.2) is 0 Å². The van der Waals surface area contributed by atoms with Crippen molar-refractivity contribution in [2.75, 3.05) is 5.73 Å². The molecule has 0 saturated heterocycles. The first-order valence-corrected chi connectivity index (χ1v) is 6.33. The van der Waals surface area contributed by atoms with Crippen molar-refractivity contribution in [3.63, 3.8) is 0 Å². The number of nitrogen functional groups attached to an aromatic ring is 1. The van der Waals surface area contributed by atoms with Crippen LogP contribution in [-0.2, 0) is 12.8 Å². The molecule has 0 bridgehead atoms. The van der Waals surface area contributed by atoms with Gasteiger partial charge in [0, 0.05) is 22.8 Å². The third-order valence-corrected chi connectivity index (χ3v) is 3.23.